The van der Waals surface area contributed by atoms with Crippen LogP contribution in [0.1, 0.15) is 85.9 Å². The molecule has 2 aliphatic heterocycles. The second-order valence-corrected chi connectivity index (χ2v) is 21.2. The maximum Gasteiger partial charge on any atom is 0.246 e. The molecule has 77 heavy (non-hydrogen) atoms. The van der Waals surface area contributed by atoms with Gasteiger partial charge in [-0.2, -0.15) is 4.98 Å². The summed E-state index contributed by atoms with van der Waals surface area (Å²) in [6.07, 6.45) is 5.97. The predicted molar refractivity (Wildman–Crippen MR) is 290 cm³/mol. The molecule has 3 aliphatic rings. The molecule has 8 rings (SSSR count). The van der Waals surface area contributed by atoms with Crippen molar-refractivity contribution in [2.75, 3.05) is 63.4 Å². The van der Waals surface area contributed by atoms with Crippen LogP contribution in [0, 0.1) is 24.8 Å². The molecule has 406 valence electrons. The highest BCUT2D eigenvalue weighted by atomic mass is 32.1. The van der Waals surface area contributed by atoms with Crippen molar-refractivity contribution in [3.63, 3.8) is 0 Å². The number of nitrogens with one attached hydrogen (secondary N) is 4. The van der Waals surface area contributed by atoms with Gasteiger partial charge in [0.25, 0.3) is 0 Å². The number of carbonyl (C=O) groups excluding carboxylic acids is 4. The number of hydrogen-bond acceptors (Lipinski definition) is 17. The number of ether oxygens (including phenoxy) is 3. The summed E-state index contributed by atoms with van der Waals surface area (Å²) in [4.78, 5) is 78.1. The quantitative estimate of drug-likeness (QED) is 0.0234. The van der Waals surface area contributed by atoms with Gasteiger partial charge in [-0.25, -0.2) is 21.2 Å². The van der Waals surface area contributed by atoms with Crippen LogP contribution in [0.15, 0.2) is 82.9 Å². The van der Waals surface area contributed by atoms with Gasteiger partial charge in [-0.3, -0.25) is 24.2 Å². The smallest absolute Gasteiger partial charge is 0.246 e. The first kappa shape index (κ1) is 55.9. The van der Waals surface area contributed by atoms with Crippen molar-refractivity contribution in [3.8, 4) is 10.4 Å². The van der Waals surface area contributed by atoms with Crippen LogP contribution in [0.25, 0.3) is 15.3 Å². The Morgan fingerprint density at radius 1 is 0.922 bits per heavy atom. The van der Waals surface area contributed by atoms with E-state index in [9.17, 15) is 24.3 Å². The molecule has 3 amide bonds. The van der Waals surface area contributed by atoms with Crippen LogP contribution >= 0.6 is 11.3 Å². The minimum absolute atomic E-state index is 0.00913. The number of amidine groups is 1. The Bertz CT molecular complexity index is 2940. The Kier molecular flexibility index (Phi) is 19.4. The first-order chi connectivity index (χ1) is 37.2. The van der Waals surface area contributed by atoms with Gasteiger partial charge in [-0.15, -0.1) is 16.4 Å². The van der Waals surface area contributed by atoms with E-state index in [-0.39, 0.29) is 81.4 Å². The number of aliphatic imine (C=N–C) groups is 1. The van der Waals surface area contributed by atoms with Gasteiger partial charge in [0.2, 0.25) is 30.2 Å². The number of nitrogens with zero attached hydrogens (tertiary/aromatic N) is 9. The van der Waals surface area contributed by atoms with Crippen molar-refractivity contribution >= 4 is 58.1 Å². The summed E-state index contributed by atoms with van der Waals surface area (Å²) in [6.45, 7) is 17.9. The number of Topliss-reactive ketones (excluding diaryl/α,β-unsaturated/α-hetero) is 1. The van der Waals surface area contributed by atoms with Gasteiger partial charge in [-0.1, -0.05) is 50.3 Å². The Morgan fingerprint density at radius 2 is 1.65 bits per heavy atom. The second kappa shape index (κ2) is 26.7. The lowest BCUT2D eigenvalue weighted by atomic mass is 9.85. The summed E-state index contributed by atoms with van der Waals surface area (Å²) in [5.41, 5.74) is 7.84. The predicted octanol–water partition coefficient (Wildman–Crippen LogP) is 5.89. The van der Waals surface area contributed by atoms with Gasteiger partial charge in [0.1, 0.15) is 29.4 Å². The van der Waals surface area contributed by atoms with E-state index < -0.39 is 29.5 Å². The minimum Gasteiger partial charge on any atom is -0.391 e. The maximum absolute atomic E-state index is 14.0. The monoisotopic (exact) mass is 1070 g/mol. The van der Waals surface area contributed by atoms with Crippen LogP contribution in [0.2, 0.25) is 0 Å². The highest BCUT2D eigenvalue weighted by Gasteiger charge is 2.44. The zero-order valence-electron chi connectivity index (χ0n) is 44.0. The average Bonchev–Trinajstić information content (AvgIpc) is 3.69. The van der Waals surface area contributed by atoms with E-state index in [1.807, 2.05) is 81.7 Å². The molecule has 1 saturated heterocycles. The number of aromatic nitrogens is 6. The van der Waals surface area contributed by atoms with Crippen LogP contribution in [-0.2, 0) is 54.6 Å². The van der Waals surface area contributed by atoms with E-state index in [0.29, 0.717) is 69.1 Å². The number of β-amino-alcohol motifs (C(OH)–C–C–N with tert-alkyl or cyclic N) is 1. The van der Waals surface area contributed by atoms with E-state index in [1.165, 1.54) is 23.3 Å². The SMILES string of the molecule is [C-]#[N+]Cc1ccc(Nc2nc(NC3=NCC(C4CC4)=C3)cc(C(=O)CCc3cn(CCOCCOCCOCCC(=O)N[C@H](C(=O)N4C[C@H](O)C[C@H]4C(=O)NCc4ccc(-c5scnc5C)cc4)C(C)(C)C)nn3)n2)cc1. The molecule has 1 saturated carbocycles. The molecule has 3 atom stereocenters. The van der Waals surface area contributed by atoms with Gasteiger partial charge in [0, 0.05) is 62.3 Å². The van der Waals surface area contributed by atoms with E-state index in [1.54, 1.807) is 28.3 Å². The third-order valence-corrected chi connectivity index (χ3v) is 14.2. The Hall–Kier alpha value is -7.29. The van der Waals surface area contributed by atoms with Gasteiger partial charge >= 0.3 is 0 Å². The van der Waals surface area contributed by atoms with Crippen molar-refractivity contribution < 1.29 is 38.5 Å². The van der Waals surface area contributed by atoms with Crippen molar-refractivity contribution in [2.24, 2.45) is 16.3 Å². The van der Waals surface area contributed by atoms with Crippen molar-refractivity contribution in [2.45, 2.75) is 104 Å². The lowest BCUT2D eigenvalue weighted by Crippen LogP contribution is -2.57. The number of carbonyl (C=O) groups is 4. The molecule has 2 fully saturated rings. The van der Waals surface area contributed by atoms with Crippen LogP contribution in [0.3, 0.4) is 0 Å². The minimum atomic E-state index is -0.945. The summed E-state index contributed by atoms with van der Waals surface area (Å²) in [5.74, 6) is 0.645. The van der Waals surface area contributed by atoms with Crippen LogP contribution < -0.4 is 21.3 Å². The van der Waals surface area contributed by atoms with Crippen LogP contribution in [0.4, 0.5) is 17.5 Å². The molecule has 3 aromatic heterocycles. The molecule has 21 nitrogen and oxygen atoms in total. The number of thiazole rings is 1. The fourth-order valence-corrected chi connectivity index (χ4v) is 9.60. The number of likely N-dealkylation sites (tertiary alicyclic amines) is 1. The molecular weight excluding hydrogens is 1000 g/mol. The Balaban J connectivity index is 0.697. The summed E-state index contributed by atoms with van der Waals surface area (Å²) in [7, 11) is 0. The molecule has 2 aromatic carbocycles. The largest absolute Gasteiger partial charge is 0.391 e. The number of amides is 3. The molecule has 1 aliphatic carbocycles. The third-order valence-electron chi connectivity index (χ3n) is 13.2. The molecule has 5 N–H and O–H groups in total. The lowest BCUT2D eigenvalue weighted by molar-refractivity contribution is -0.144. The molecule has 5 heterocycles. The number of aliphatic hydroxyl groups excluding tert-OH is 1. The summed E-state index contributed by atoms with van der Waals surface area (Å²) < 4.78 is 18.7. The first-order valence-electron chi connectivity index (χ1n) is 26.0. The Labute approximate surface area is 452 Å². The summed E-state index contributed by atoms with van der Waals surface area (Å²) >= 11 is 1.57. The molecule has 0 bridgehead atoms. The second-order valence-electron chi connectivity index (χ2n) is 20.3. The lowest BCUT2D eigenvalue weighted by Gasteiger charge is -2.35. The summed E-state index contributed by atoms with van der Waals surface area (Å²) in [5, 5.41) is 31.3. The highest BCUT2D eigenvalue weighted by Crippen LogP contribution is 2.38. The van der Waals surface area contributed by atoms with Gasteiger partial charge in [0.05, 0.1) is 80.6 Å². The van der Waals surface area contributed by atoms with Gasteiger partial charge in [-0.05, 0) is 78.1 Å². The van der Waals surface area contributed by atoms with Crippen LogP contribution in [0.5, 0.6) is 0 Å². The van der Waals surface area contributed by atoms with Crippen molar-refractivity contribution in [3.05, 3.63) is 118 Å². The molecule has 0 spiro atoms. The fraction of sp³-hybridized carbons (Fsp3) is 0.473. The molecule has 22 heteroatoms. The normalized spacial score (nSPS) is 16.6. The number of aliphatic hydroxyl groups is 1. The van der Waals surface area contributed by atoms with E-state index in [0.717, 1.165) is 32.9 Å². The Morgan fingerprint density at radius 3 is 2.35 bits per heavy atom. The van der Waals surface area contributed by atoms with Gasteiger partial charge < -0.3 is 50.3 Å². The maximum atomic E-state index is 14.0. The van der Waals surface area contributed by atoms with Gasteiger partial charge in [0.15, 0.2) is 5.78 Å². The van der Waals surface area contributed by atoms with Crippen molar-refractivity contribution in [1.82, 2.24) is 45.5 Å². The zero-order chi connectivity index (χ0) is 54.3. The number of aryl methyl sites for hydroxylation is 2. The number of hydrogen-bond donors (Lipinski definition) is 5. The third kappa shape index (κ3) is 16.4. The number of rotatable bonds is 27. The highest BCUT2D eigenvalue weighted by molar-refractivity contribution is 7.13. The van der Waals surface area contributed by atoms with E-state index >= 15 is 0 Å². The fourth-order valence-electron chi connectivity index (χ4n) is 8.79. The molecule has 0 radical (unpaired) electrons. The number of anilines is 3. The van der Waals surface area contributed by atoms with Crippen LogP contribution in [-0.4, -0.2) is 140 Å². The molecule has 0 unspecified atom stereocenters. The first-order valence-corrected chi connectivity index (χ1v) is 26.9. The number of ketones is 1. The standard InChI is InChI=1S/C55H67N13O8S/c1-35-50(77-34-59-35)39-10-6-37(7-11-39)30-58-52(72)45-27-43(69)33-68(45)53(73)51(55(2,3)4)64-49(71)18-20-74-22-24-76-25-23-75-21-19-67-32-42(65-66-67)16-17-46(70)44-28-48(62-47-26-40(31-57-47)38-12-13-38)63-54(61-44)60-41-14-8-36(9-15-41)29-56-5/h6-11,14-15,26,28,32,34,38,43,45,51,69H,12-13,16-25,27,29-31,33H2,1-4H3,(H,58,72)(H,64,71)(H2,57,60,61,62,63)/t43-,45+,51-/m1/s1. The zero-order valence-corrected chi connectivity index (χ0v) is 44.8. The molecule has 5 aromatic rings. The van der Waals surface area contributed by atoms with Crippen molar-refractivity contribution in [1.29, 1.82) is 0 Å². The average molecular weight is 1070 g/mol. The van der Waals surface area contributed by atoms with E-state index in [2.05, 4.69) is 62.4 Å². The molecular formula is C55H67N13O8S. The number of benzene rings is 2. The topological polar surface area (TPSA) is 254 Å². The summed E-state index contributed by atoms with van der Waals surface area (Å²) in [6, 6.07) is 15.1. The van der Waals surface area contributed by atoms with E-state index in [4.69, 9.17) is 20.8 Å².